The molecule has 2 aliphatic heterocycles. The number of allylic oxidation sites excluding steroid dienone is 1. The molecule has 0 spiro atoms. The fourth-order valence-electron chi connectivity index (χ4n) is 6.78. The summed E-state index contributed by atoms with van der Waals surface area (Å²) in [6.07, 6.45) is 7.58. The summed E-state index contributed by atoms with van der Waals surface area (Å²) in [5.41, 5.74) is -0.538. The first-order valence-corrected chi connectivity index (χ1v) is 19.3. The minimum absolute atomic E-state index is 0.0259. The molecule has 3 fully saturated rings. The van der Waals surface area contributed by atoms with Gasteiger partial charge in [0.2, 0.25) is 21.8 Å². The van der Waals surface area contributed by atoms with Crippen LogP contribution < -0.4 is 20.1 Å². The molecular weight excluding hydrogens is 689 g/mol. The van der Waals surface area contributed by atoms with Gasteiger partial charge >= 0.3 is 0 Å². The van der Waals surface area contributed by atoms with E-state index < -0.39 is 73.8 Å². The number of amides is 3. The molecule has 7 rings (SSSR count). The number of hydrogen-bond acceptors (Lipinski definition) is 9. The first kappa shape index (κ1) is 34.3. The van der Waals surface area contributed by atoms with Crippen molar-refractivity contribution < 1.29 is 36.3 Å². The molecule has 11 nitrogen and oxygen atoms in total. The number of anilines is 1. The number of aromatic nitrogens is 1. The van der Waals surface area contributed by atoms with Crippen molar-refractivity contribution in [1.29, 1.82) is 0 Å². The Kier molecular flexibility index (Phi) is 9.08. The molecule has 5 atom stereocenters. The van der Waals surface area contributed by atoms with Crippen molar-refractivity contribution in [3.8, 4) is 5.19 Å². The van der Waals surface area contributed by atoms with Crippen molar-refractivity contribution in [2.45, 2.75) is 93.2 Å². The standard InChI is InChI=1S/C35H39F2N5O6S2/c1-34(15-16-34)50(46,47)41-32(45)35-19-21(35)9-5-3-2-4-6-11-27(38-22-13-14-24(36)25(37)17-22)31(44)42-20-23(18-28(42)30(43)40-35)48-33-39-26-10-7-8-12-29(26)49-33/h5,7-10,12-14,17,21,23,27-28,38H,2-4,6,11,15-16,18-20H2,1H3,(H,40,43)(H,41,45)/t21-,23-,27+,28+,35-/m1/s1. The summed E-state index contributed by atoms with van der Waals surface area (Å²) in [5, 5.41) is 6.31. The van der Waals surface area contributed by atoms with E-state index >= 15 is 0 Å². The number of rotatable bonds is 7. The Morgan fingerprint density at radius 1 is 1.10 bits per heavy atom. The minimum Gasteiger partial charge on any atom is -0.465 e. The number of para-hydroxylation sites is 1. The summed E-state index contributed by atoms with van der Waals surface area (Å²) in [4.78, 5) is 48.3. The summed E-state index contributed by atoms with van der Waals surface area (Å²) >= 11 is 1.34. The lowest BCUT2D eigenvalue weighted by Crippen LogP contribution is -2.58. The van der Waals surface area contributed by atoms with Crippen LogP contribution in [0.2, 0.25) is 0 Å². The zero-order valence-corrected chi connectivity index (χ0v) is 29.1. The van der Waals surface area contributed by atoms with Gasteiger partial charge in [-0.05, 0) is 69.7 Å². The summed E-state index contributed by atoms with van der Waals surface area (Å²) in [6.45, 7) is 1.61. The lowest BCUT2D eigenvalue weighted by atomic mass is 10.0. The second-order valence-corrected chi connectivity index (χ2v) is 17.2. The van der Waals surface area contributed by atoms with Gasteiger partial charge in [0, 0.05) is 24.1 Å². The van der Waals surface area contributed by atoms with Gasteiger partial charge in [-0.25, -0.2) is 22.2 Å². The van der Waals surface area contributed by atoms with Crippen LogP contribution in [0.5, 0.6) is 5.19 Å². The largest absolute Gasteiger partial charge is 0.465 e. The monoisotopic (exact) mass is 727 g/mol. The highest BCUT2D eigenvalue weighted by molar-refractivity contribution is 7.91. The Balaban J connectivity index is 1.19. The van der Waals surface area contributed by atoms with Gasteiger partial charge in [0.1, 0.15) is 23.7 Å². The van der Waals surface area contributed by atoms with Crippen LogP contribution in [0.15, 0.2) is 54.6 Å². The Hall–Kier alpha value is -4.11. The summed E-state index contributed by atoms with van der Waals surface area (Å²) in [6, 6.07) is 8.89. The molecule has 15 heteroatoms. The average molecular weight is 728 g/mol. The third-order valence-electron chi connectivity index (χ3n) is 10.3. The average Bonchev–Trinajstić information content (AvgIpc) is 3.88. The molecule has 2 aliphatic carbocycles. The van der Waals surface area contributed by atoms with E-state index in [1.54, 1.807) is 6.92 Å². The van der Waals surface area contributed by atoms with E-state index in [9.17, 15) is 31.6 Å². The molecule has 3 heterocycles. The maximum atomic E-state index is 14.4. The van der Waals surface area contributed by atoms with Crippen LogP contribution in [0.1, 0.15) is 64.7 Å². The molecule has 0 bridgehead atoms. The van der Waals surface area contributed by atoms with Crippen molar-refractivity contribution in [1.82, 2.24) is 19.9 Å². The number of halogens is 2. The van der Waals surface area contributed by atoms with Crippen molar-refractivity contribution in [2.75, 3.05) is 11.9 Å². The Morgan fingerprint density at radius 3 is 2.66 bits per heavy atom. The highest BCUT2D eigenvalue weighted by Gasteiger charge is 2.63. The fourth-order valence-corrected chi connectivity index (χ4v) is 8.97. The van der Waals surface area contributed by atoms with Gasteiger partial charge in [-0.1, -0.05) is 48.5 Å². The number of nitrogens with zero attached hydrogens (tertiary/aromatic N) is 2. The lowest BCUT2D eigenvalue weighted by Gasteiger charge is -2.30. The van der Waals surface area contributed by atoms with Gasteiger partial charge in [0.05, 0.1) is 21.5 Å². The molecular formula is C35H39F2N5O6S2. The first-order chi connectivity index (χ1) is 23.9. The van der Waals surface area contributed by atoms with Crippen molar-refractivity contribution in [3.05, 3.63) is 66.3 Å². The molecule has 4 aliphatic rings. The van der Waals surface area contributed by atoms with E-state index in [4.69, 9.17) is 4.74 Å². The van der Waals surface area contributed by atoms with Crippen LogP contribution in [0, 0.1) is 17.6 Å². The molecule has 1 saturated heterocycles. The number of benzene rings is 2. The third-order valence-corrected chi connectivity index (χ3v) is 13.4. The van der Waals surface area contributed by atoms with Crippen LogP contribution >= 0.6 is 11.3 Å². The third kappa shape index (κ3) is 6.81. The molecule has 0 radical (unpaired) electrons. The molecule has 0 unspecified atom stereocenters. The van der Waals surface area contributed by atoms with E-state index in [0.29, 0.717) is 37.3 Å². The van der Waals surface area contributed by atoms with Crippen molar-refractivity contribution in [2.24, 2.45) is 5.92 Å². The molecule has 1 aromatic heterocycles. The molecule has 2 saturated carbocycles. The van der Waals surface area contributed by atoms with Crippen LogP contribution in [-0.4, -0.2) is 71.0 Å². The number of ether oxygens (including phenoxy) is 1. The molecule has 3 amide bonds. The predicted octanol–water partition coefficient (Wildman–Crippen LogP) is 4.80. The number of carbonyl (C=O) groups is 3. The predicted molar refractivity (Wildman–Crippen MR) is 184 cm³/mol. The number of nitrogens with one attached hydrogen (secondary N) is 3. The van der Waals surface area contributed by atoms with E-state index in [0.717, 1.165) is 35.2 Å². The van der Waals surface area contributed by atoms with E-state index in [1.807, 2.05) is 36.4 Å². The summed E-state index contributed by atoms with van der Waals surface area (Å²) < 4.78 is 62.4. The topological polar surface area (TPSA) is 147 Å². The number of carbonyl (C=O) groups excluding carboxylic acids is 3. The smallest absolute Gasteiger partial charge is 0.274 e. The maximum Gasteiger partial charge on any atom is 0.274 e. The molecule has 2 aromatic carbocycles. The molecule has 3 aromatic rings. The second kappa shape index (κ2) is 13.2. The van der Waals surface area contributed by atoms with Gasteiger partial charge < -0.3 is 20.3 Å². The van der Waals surface area contributed by atoms with Gasteiger partial charge in [-0.15, -0.1) is 0 Å². The highest BCUT2D eigenvalue weighted by atomic mass is 32.2. The number of hydrogen-bond donors (Lipinski definition) is 3. The van der Waals surface area contributed by atoms with Crippen LogP contribution in [0.25, 0.3) is 10.2 Å². The molecule has 3 N–H and O–H groups in total. The van der Waals surface area contributed by atoms with Crippen LogP contribution in [0.4, 0.5) is 14.5 Å². The van der Waals surface area contributed by atoms with Crippen LogP contribution in [-0.2, 0) is 24.4 Å². The Labute approximate surface area is 292 Å². The molecule has 266 valence electrons. The summed E-state index contributed by atoms with van der Waals surface area (Å²) in [5.74, 6) is -4.35. The van der Waals surface area contributed by atoms with Crippen molar-refractivity contribution >= 4 is 55.0 Å². The SMILES string of the molecule is CC1(S(=O)(=O)NC(=O)[C@@]23C[C@H]2C=CCCCCC[C@H](Nc2ccc(F)c(F)c2)C(=O)N2C[C@H](Oc4nc5ccccc5s4)C[C@H]2C(=O)N3)CC1. The minimum atomic E-state index is -3.98. The van der Waals surface area contributed by atoms with Crippen LogP contribution in [0.3, 0.4) is 0 Å². The maximum absolute atomic E-state index is 14.4. The quantitative estimate of drug-likeness (QED) is 0.295. The van der Waals surface area contributed by atoms with Gasteiger partial charge in [-0.2, -0.15) is 0 Å². The summed E-state index contributed by atoms with van der Waals surface area (Å²) in [7, 11) is -3.98. The number of fused-ring (bicyclic) bond motifs is 3. The fraction of sp³-hybridized carbons (Fsp3) is 0.486. The Morgan fingerprint density at radius 2 is 1.90 bits per heavy atom. The van der Waals surface area contributed by atoms with E-state index in [2.05, 4.69) is 20.3 Å². The van der Waals surface area contributed by atoms with Gasteiger partial charge in [0.25, 0.3) is 11.1 Å². The lowest BCUT2D eigenvalue weighted by molar-refractivity contribution is -0.140. The molecule has 50 heavy (non-hydrogen) atoms. The zero-order chi connectivity index (χ0) is 35.3. The van der Waals surface area contributed by atoms with Crippen molar-refractivity contribution in [3.63, 3.8) is 0 Å². The van der Waals surface area contributed by atoms with E-state index in [1.165, 1.54) is 22.3 Å². The van der Waals surface area contributed by atoms with Gasteiger partial charge in [-0.3, -0.25) is 19.1 Å². The van der Waals surface area contributed by atoms with Gasteiger partial charge in [0.15, 0.2) is 11.6 Å². The Bertz CT molecular complexity index is 1930. The second-order valence-electron chi connectivity index (χ2n) is 14.0. The van der Waals surface area contributed by atoms with E-state index in [-0.39, 0.29) is 25.1 Å². The zero-order valence-electron chi connectivity index (χ0n) is 27.5. The number of thiazole rings is 1. The number of sulfonamides is 1. The highest BCUT2D eigenvalue weighted by Crippen LogP contribution is 2.47. The normalized spacial score (nSPS) is 28.1. The first-order valence-electron chi connectivity index (χ1n) is 17.0.